The van der Waals surface area contributed by atoms with E-state index in [1.54, 1.807) is 54.0 Å². The molecule has 0 aliphatic carbocycles. The van der Waals surface area contributed by atoms with Gasteiger partial charge in [0.15, 0.2) is 11.0 Å². The number of nitrogens with zero attached hydrogens (tertiary/aromatic N) is 3. The van der Waals surface area contributed by atoms with Crippen molar-refractivity contribution >= 4 is 34.4 Å². The van der Waals surface area contributed by atoms with E-state index in [1.165, 1.54) is 36.0 Å². The number of anilines is 1. The van der Waals surface area contributed by atoms with Gasteiger partial charge < -0.3 is 15.3 Å². The normalized spacial score (nSPS) is 12.1. The summed E-state index contributed by atoms with van der Waals surface area (Å²) in [6, 6.07) is 16.6. The van der Waals surface area contributed by atoms with E-state index in [0.29, 0.717) is 39.0 Å². The van der Waals surface area contributed by atoms with Crippen LogP contribution in [-0.2, 0) is 4.79 Å². The highest BCUT2D eigenvalue weighted by atomic mass is 32.2. The molecule has 0 saturated heterocycles. The average Bonchev–Trinajstić information content (AvgIpc) is 3.42. The molecule has 3 aromatic carbocycles. The van der Waals surface area contributed by atoms with Crippen LogP contribution in [0.2, 0.25) is 0 Å². The summed E-state index contributed by atoms with van der Waals surface area (Å²) in [6.07, 6.45) is 0. The van der Waals surface area contributed by atoms with Crippen LogP contribution in [0.1, 0.15) is 6.92 Å². The van der Waals surface area contributed by atoms with Gasteiger partial charge in [-0.2, -0.15) is 0 Å². The van der Waals surface area contributed by atoms with Crippen molar-refractivity contribution in [3.63, 3.8) is 0 Å². The zero-order valence-corrected chi connectivity index (χ0v) is 19.1. The molecule has 0 aliphatic heterocycles. The fourth-order valence-electron chi connectivity index (χ4n) is 3.52. The van der Waals surface area contributed by atoms with Crippen LogP contribution in [0.3, 0.4) is 0 Å². The van der Waals surface area contributed by atoms with Gasteiger partial charge in [-0.05, 0) is 73.7 Å². The third kappa shape index (κ3) is 4.71. The number of carbonyl (C=O) groups is 1. The lowest BCUT2D eigenvalue weighted by molar-refractivity contribution is -0.115. The molecule has 0 spiro atoms. The Morgan fingerprint density at radius 2 is 1.60 bits per heavy atom. The number of hydrogen-bond donors (Lipinski definition) is 3. The van der Waals surface area contributed by atoms with Crippen LogP contribution in [0.4, 0.5) is 14.5 Å². The number of H-pyrrole nitrogens is 2. The van der Waals surface area contributed by atoms with E-state index in [1.807, 2.05) is 0 Å². The summed E-state index contributed by atoms with van der Waals surface area (Å²) in [5, 5.41) is 11.2. The van der Waals surface area contributed by atoms with Crippen molar-refractivity contribution in [2.45, 2.75) is 17.3 Å². The predicted molar refractivity (Wildman–Crippen MR) is 130 cm³/mol. The molecule has 2 aromatic heterocycles. The standard InChI is InChI=1S/C24H18F2N6O2S/c1-13(22(33)27-17-8-11-19-20(12-17)29-23(34)28-19)35-24-31-30-21(14-2-4-15(25)5-3-14)32(24)18-9-6-16(26)7-10-18/h2-13H,1H3,(H,27,33)(H2,28,29,34). The Hall–Kier alpha value is -4.25. The van der Waals surface area contributed by atoms with Gasteiger partial charge in [-0.1, -0.05) is 11.8 Å². The molecule has 11 heteroatoms. The summed E-state index contributed by atoms with van der Waals surface area (Å²) in [6.45, 7) is 1.72. The van der Waals surface area contributed by atoms with Gasteiger partial charge in [0, 0.05) is 16.9 Å². The fraction of sp³-hybridized carbons (Fsp3) is 0.0833. The molecular weight excluding hydrogens is 474 g/mol. The van der Waals surface area contributed by atoms with Crippen molar-refractivity contribution in [3.05, 3.63) is 88.8 Å². The summed E-state index contributed by atoms with van der Waals surface area (Å²) >= 11 is 1.17. The first-order valence-corrected chi connectivity index (χ1v) is 11.4. The minimum Gasteiger partial charge on any atom is -0.325 e. The number of nitrogens with one attached hydrogen (secondary N) is 3. The molecule has 1 atom stereocenters. The van der Waals surface area contributed by atoms with Crippen molar-refractivity contribution in [2.24, 2.45) is 0 Å². The lowest BCUT2D eigenvalue weighted by atomic mass is 10.2. The van der Waals surface area contributed by atoms with Gasteiger partial charge in [-0.25, -0.2) is 13.6 Å². The predicted octanol–water partition coefficient (Wildman–Crippen LogP) is 4.50. The number of aromatic amines is 2. The van der Waals surface area contributed by atoms with E-state index in [2.05, 4.69) is 25.5 Å². The molecule has 1 unspecified atom stereocenters. The number of imidazole rings is 1. The van der Waals surface area contributed by atoms with Crippen molar-refractivity contribution < 1.29 is 13.6 Å². The Morgan fingerprint density at radius 3 is 2.31 bits per heavy atom. The van der Waals surface area contributed by atoms with Gasteiger partial charge >= 0.3 is 5.69 Å². The quantitative estimate of drug-likeness (QED) is 0.303. The first-order chi connectivity index (χ1) is 16.9. The van der Waals surface area contributed by atoms with Crippen LogP contribution < -0.4 is 11.0 Å². The second kappa shape index (κ2) is 9.18. The Bertz CT molecular complexity index is 1570. The molecule has 0 fully saturated rings. The third-order valence-electron chi connectivity index (χ3n) is 5.26. The Morgan fingerprint density at radius 1 is 0.943 bits per heavy atom. The van der Waals surface area contributed by atoms with Crippen LogP contribution in [0, 0.1) is 11.6 Å². The molecule has 35 heavy (non-hydrogen) atoms. The lowest BCUT2D eigenvalue weighted by Crippen LogP contribution is -2.22. The van der Waals surface area contributed by atoms with Crippen LogP contribution in [0.25, 0.3) is 28.1 Å². The number of amides is 1. The molecule has 176 valence electrons. The number of rotatable bonds is 6. The molecule has 3 N–H and O–H groups in total. The molecular formula is C24H18F2N6O2S. The van der Waals surface area contributed by atoms with E-state index in [4.69, 9.17) is 0 Å². The van der Waals surface area contributed by atoms with E-state index in [9.17, 15) is 18.4 Å². The molecule has 0 aliphatic rings. The molecule has 5 rings (SSSR count). The number of thioether (sulfide) groups is 1. The number of hydrogen-bond acceptors (Lipinski definition) is 5. The average molecular weight is 493 g/mol. The molecule has 1 amide bonds. The van der Waals surface area contributed by atoms with Crippen molar-refractivity contribution in [1.82, 2.24) is 24.7 Å². The Balaban J connectivity index is 1.43. The maximum absolute atomic E-state index is 13.6. The summed E-state index contributed by atoms with van der Waals surface area (Å²) in [5.41, 5.74) is 2.61. The van der Waals surface area contributed by atoms with Gasteiger partial charge in [0.2, 0.25) is 5.91 Å². The van der Waals surface area contributed by atoms with Gasteiger partial charge in [-0.15, -0.1) is 10.2 Å². The van der Waals surface area contributed by atoms with Crippen LogP contribution in [0.5, 0.6) is 0 Å². The minimum atomic E-state index is -0.583. The second-order valence-corrected chi connectivity index (χ2v) is 9.02. The van der Waals surface area contributed by atoms with Gasteiger partial charge in [0.25, 0.3) is 0 Å². The maximum atomic E-state index is 13.6. The van der Waals surface area contributed by atoms with E-state index in [-0.39, 0.29) is 17.4 Å². The maximum Gasteiger partial charge on any atom is 0.323 e. The monoisotopic (exact) mass is 492 g/mol. The minimum absolute atomic E-state index is 0.288. The highest BCUT2D eigenvalue weighted by Gasteiger charge is 2.22. The summed E-state index contributed by atoms with van der Waals surface area (Å²) in [5.74, 6) is -0.644. The summed E-state index contributed by atoms with van der Waals surface area (Å²) in [4.78, 5) is 29.7. The first kappa shape index (κ1) is 22.5. The van der Waals surface area contributed by atoms with Crippen LogP contribution >= 0.6 is 11.8 Å². The number of aromatic nitrogens is 5. The van der Waals surface area contributed by atoms with E-state index in [0.717, 1.165) is 0 Å². The highest BCUT2D eigenvalue weighted by Crippen LogP contribution is 2.31. The Labute approximate surface area is 201 Å². The third-order valence-corrected chi connectivity index (χ3v) is 6.30. The van der Waals surface area contributed by atoms with Crippen molar-refractivity contribution in [3.8, 4) is 17.1 Å². The molecule has 0 bridgehead atoms. The Kier molecular flexibility index (Phi) is 5.91. The molecule has 0 saturated carbocycles. The molecule has 8 nitrogen and oxygen atoms in total. The van der Waals surface area contributed by atoms with Gasteiger partial charge in [0.05, 0.1) is 16.3 Å². The zero-order chi connectivity index (χ0) is 24.5. The van der Waals surface area contributed by atoms with E-state index >= 15 is 0 Å². The smallest absolute Gasteiger partial charge is 0.323 e. The molecule has 0 radical (unpaired) electrons. The van der Waals surface area contributed by atoms with Crippen LogP contribution in [0.15, 0.2) is 76.7 Å². The topological polar surface area (TPSA) is 108 Å². The zero-order valence-electron chi connectivity index (χ0n) is 18.3. The molecule has 5 aromatic rings. The SMILES string of the molecule is CC(Sc1nnc(-c2ccc(F)cc2)n1-c1ccc(F)cc1)C(=O)Nc1ccc2[nH]c(=O)[nH]c2c1. The number of carbonyl (C=O) groups excluding carboxylic acids is 1. The highest BCUT2D eigenvalue weighted by molar-refractivity contribution is 8.00. The van der Waals surface area contributed by atoms with Crippen LogP contribution in [-0.4, -0.2) is 35.9 Å². The first-order valence-electron chi connectivity index (χ1n) is 10.5. The van der Waals surface area contributed by atoms with Gasteiger partial charge in [0.1, 0.15) is 11.6 Å². The van der Waals surface area contributed by atoms with Crippen molar-refractivity contribution in [2.75, 3.05) is 5.32 Å². The second-order valence-electron chi connectivity index (χ2n) is 7.71. The summed E-state index contributed by atoms with van der Waals surface area (Å²) < 4.78 is 28.7. The van der Waals surface area contributed by atoms with Crippen molar-refractivity contribution in [1.29, 1.82) is 0 Å². The van der Waals surface area contributed by atoms with Gasteiger partial charge in [-0.3, -0.25) is 9.36 Å². The number of benzene rings is 3. The fourth-order valence-corrected chi connectivity index (χ4v) is 4.39. The number of fused-ring (bicyclic) bond motifs is 1. The largest absolute Gasteiger partial charge is 0.325 e. The molecule has 2 heterocycles. The van der Waals surface area contributed by atoms with E-state index < -0.39 is 11.1 Å². The summed E-state index contributed by atoms with van der Waals surface area (Å²) in [7, 11) is 0. The lowest BCUT2D eigenvalue weighted by Gasteiger charge is -2.14. The number of halogens is 2.